The molecular formula is C16H27N3O. The molecule has 0 aromatic heterocycles. The third-order valence-corrected chi connectivity index (χ3v) is 3.79. The maximum absolute atomic E-state index is 12.3. The smallest absolute Gasteiger partial charge is 0.253 e. The van der Waals surface area contributed by atoms with Gasteiger partial charge in [0.15, 0.2) is 0 Å². The number of benzene rings is 1. The number of nitrogens with one attached hydrogen (secondary N) is 2. The molecule has 0 bridgehead atoms. The molecule has 0 radical (unpaired) electrons. The number of carbonyl (C=O) groups excluding carboxylic acids is 1. The zero-order valence-corrected chi connectivity index (χ0v) is 13.2. The lowest BCUT2D eigenvalue weighted by atomic mass is 9.85. The van der Waals surface area contributed by atoms with E-state index in [0.29, 0.717) is 35.5 Å². The lowest BCUT2D eigenvalue weighted by molar-refractivity contribution is 0.0938. The van der Waals surface area contributed by atoms with Crippen LogP contribution in [0.1, 0.15) is 43.6 Å². The second-order valence-electron chi connectivity index (χ2n) is 6.06. The largest absolute Gasteiger partial charge is 0.352 e. The van der Waals surface area contributed by atoms with Crippen LogP contribution >= 0.6 is 0 Å². The Morgan fingerprint density at radius 2 is 1.80 bits per heavy atom. The fourth-order valence-electron chi connectivity index (χ4n) is 2.52. The molecule has 1 aromatic carbocycles. The van der Waals surface area contributed by atoms with E-state index in [1.54, 1.807) is 0 Å². The van der Waals surface area contributed by atoms with E-state index in [9.17, 15) is 4.79 Å². The number of nitrogens with two attached hydrogens (primary N) is 1. The number of hydrogen-bond donors (Lipinski definition) is 3. The molecule has 0 saturated heterocycles. The first-order valence-electron chi connectivity index (χ1n) is 7.22. The van der Waals surface area contributed by atoms with Crippen LogP contribution in [-0.4, -0.2) is 12.5 Å². The molecule has 0 atom stereocenters. The van der Waals surface area contributed by atoms with Crippen molar-refractivity contribution >= 4 is 11.6 Å². The van der Waals surface area contributed by atoms with Crippen molar-refractivity contribution in [3.05, 3.63) is 29.3 Å². The van der Waals surface area contributed by atoms with E-state index in [1.807, 2.05) is 25.1 Å². The summed E-state index contributed by atoms with van der Waals surface area (Å²) in [6.07, 6.45) is 0. The van der Waals surface area contributed by atoms with E-state index in [1.165, 1.54) is 0 Å². The molecule has 0 aliphatic rings. The number of amides is 1. The highest BCUT2D eigenvalue weighted by molar-refractivity contribution is 5.99. The summed E-state index contributed by atoms with van der Waals surface area (Å²) in [7, 11) is 0. The van der Waals surface area contributed by atoms with Crippen LogP contribution in [0.4, 0.5) is 5.69 Å². The van der Waals surface area contributed by atoms with Crippen molar-refractivity contribution in [1.82, 2.24) is 5.32 Å². The highest BCUT2D eigenvalue weighted by Gasteiger charge is 2.19. The molecule has 0 unspecified atom stereocenters. The summed E-state index contributed by atoms with van der Waals surface area (Å²) >= 11 is 0. The van der Waals surface area contributed by atoms with Gasteiger partial charge in [0.2, 0.25) is 0 Å². The van der Waals surface area contributed by atoms with Crippen LogP contribution in [0.2, 0.25) is 0 Å². The summed E-state index contributed by atoms with van der Waals surface area (Å²) < 4.78 is 0. The van der Waals surface area contributed by atoms with Gasteiger partial charge in [-0.3, -0.25) is 10.6 Å². The average molecular weight is 277 g/mol. The van der Waals surface area contributed by atoms with E-state index >= 15 is 0 Å². The van der Waals surface area contributed by atoms with Gasteiger partial charge in [-0.2, -0.15) is 0 Å². The fourth-order valence-corrected chi connectivity index (χ4v) is 2.52. The van der Waals surface area contributed by atoms with Crippen molar-refractivity contribution in [3.63, 3.8) is 0 Å². The molecule has 1 rings (SSSR count). The maximum Gasteiger partial charge on any atom is 0.253 e. The van der Waals surface area contributed by atoms with Crippen LogP contribution < -0.4 is 16.6 Å². The zero-order valence-electron chi connectivity index (χ0n) is 13.2. The van der Waals surface area contributed by atoms with Crippen molar-refractivity contribution in [3.8, 4) is 0 Å². The molecule has 4 heteroatoms. The van der Waals surface area contributed by atoms with Gasteiger partial charge in [-0.05, 0) is 36.8 Å². The minimum absolute atomic E-state index is 0.0760. The average Bonchev–Trinajstić information content (AvgIpc) is 2.37. The SMILES string of the molecule is Cc1ccc(NN)c(C(=O)NCC(C(C)C)C(C)C)c1. The number of aryl methyl sites for hydroxylation is 1. The topological polar surface area (TPSA) is 67.1 Å². The van der Waals surface area contributed by atoms with E-state index in [4.69, 9.17) is 5.84 Å². The molecule has 1 amide bonds. The normalized spacial score (nSPS) is 11.2. The Morgan fingerprint density at radius 3 is 2.30 bits per heavy atom. The molecule has 0 aliphatic heterocycles. The lowest BCUT2D eigenvalue weighted by Crippen LogP contribution is -2.34. The van der Waals surface area contributed by atoms with Gasteiger partial charge >= 0.3 is 0 Å². The molecule has 0 spiro atoms. The molecule has 1 aromatic rings. The predicted octanol–water partition coefficient (Wildman–Crippen LogP) is 2.94. The Bertz CT molecular complexity index is 447. The van der Waals surface area contributed by atoms with E-state index in [0.717, 1.165) is 5.56 Å². The molecule has 4 N–H and O–H groups in total. The first-order chi connectivity index (χ1) is 9.36. The van der Waals surface area contributed by atoms with Gasteiger partial charge in [-0.1, -0.05) is 39.3 Å². The Labute approximate surface area is 122 Å². The van der Waals surface area contributed by atoms with Crippen molar-refractivity contribution in [2.75, 3.05) is 12.0 Å². The van der Waals surface area contributed by atoms with Gasteiger partial charge in [-0.15, -0.1) is 0 Å². The molecular weight excluding hydrogens is 250 g/mol. The monoisotopic (exact) mass is 277 g/mol. The highest BCUT2D eigenvalue weighted by Crippen LogP contribution is 2.20. The van der Waals surface area contributed by atoms with Gasteiger partial charge in [0.1, 0.15) is 0 Å². The van der Waals surface area contributed by atoms with E-state index in [-0.39, 0.29) is 5.91 Å². The standard InChI is InChI=1S/C16H27N3O/c1-10(2)14(11(3)4)9-18-16(20)13-8-12(5)6-7-15(13)19-17/h6-8,10-11,14,19H,9,17H2,1-5H3,(H,18,20). The van der Waals surface area contributed by atoms with Gasteiger partial charge in [0, 0.05) is 6.54 Å². The summed E-state index contributed by atoms with van der Waals surface area (Å²) in [5.41, 5.74) is 4.86. The number of carbonyl (C=O) groups is 1. The van der Waals surface area contributed by atoms with Gasteiger partial charge in [0.25, 0.3) is 5.91 Å². The first-order valence-corrected chi connectivity index (χ1v) is 7.22. The van der Waals surface area contributed by atoms with Gasteiger partial charge in [-0.25, -0.2) is 0 Å². The fraction of sp³-hybridized carbons (Fsp3) is 0.562. The Balaban J connectivity index is 2.79. The maximum atomic E-state index is 12.3. The summed E-state index contributed by atoms with van der Waals surface area (Å²) in [5, 5.41) is 3.03. The molecule has 20 heavy (non-hydrogen) atoms. The van der Waals surface area contributed by atoms with Crippen LogP contribution in [0, 0.1) is 24.7 Å². The van der Waals surface area contributed by atoms with Crippen LogP contribution in [0.25, 0.3) is 0 Å². The summed E-state index contributed by atoms with van der Waals surface area (Å²) in [4.78, 5) is 12.3. The predicted molar refractivity (Wildman–Crippen MR) is 84.5 cm³/mol. The third-order valence-electron chi connectivity index (χ3n) is 3.79. The van der Waals surface area contributed by atoms with E-state index in [2.05, 4.69) is 38.4 Å². The number of hydrazine groups is 1. The molecule has 4 nitrogen and oxygen atoms in total. The zero-order chi connectivity index (χ0) is 15.3. The van der Waals surface area contributed by atoms with Crippen molar-refractivity contribution < 1.29 is 4.79 Å². The minimum Gasteiger partial charge on any atom is -0.352 e. The number of hydrogen-bond acceptors (Lipinski definition) is 3. The van der Waals surface area contributed by atoms with Gasteiger partial charge < -0.3 is 10.7 Å². The van der Waals surface area contributed by atoms with Crippen LogP contribution in [-0.2, 0) is 0 Å². The number of rotatable bonds is 6. The molecule has 0 fully saturated rings. The van der Waals surface area contributed by atoms with Crippen LogP contribution in [0.5, 0.6) is 0 Å². The Morgan fingerprint density at radius 1 is 1.20 bits per heavy atom. The highest BCUT2D eigenvalue weighted by atomic mass is 16.1. The quantitative estimate of drug-likeness (QED) is 0.553. The van der Waals surface area contributed by atoms with Gasteiger partial charge in [0.05, 0.1) is 11.3 Å². The van der Waals surface area contributed by atoms with Crippen molar-refractivity contribution in [2.45, 2.75) is 34.6 Å². The van der Waals surface area contributed by atoms with E-state index < -0.39 is 0 Å². The molecule has 0 heterocycles. The third kappa shape index (κ3) is 4.23. The van der Waals surface area contributed by atoms with Crippen molar-refractivity contribution in [1.29, 1.82) is 0 Å². The summed E-state index contributed by atoms with van der Waals surface area (Å²) in [6, 6.07) is 5.61. The molecule has 112 valence electrons. The summed E-state index contributed by atoms with van der Waals surface area (Å²) in [5.74, 6) is 6.94. The Hall–Kier alpha value is -1.55. The van der Waals surface area contributed by atoms with Crippen LogP contribution in [0.15, 0.2) is 18.2 Å². The molecule has 0 saturated carbocycles. The summed E-state index contributed by atoms with van der Waals surface area (Å²) in [6.45, 7) is 11.4. The lowest BCUT2D eigenvalue weighted by Gasteiger charge is -2.25. The second kappa shape index (κ2) is 7.29. The second-order valence-corrected chi connectivity index (χ2v) is 6.06. The molecule has 0 aliphatic carbocycles. The number of nitrogen functional groups attached to an aromatic ring is 1. The first kappa shape index (κ1) is 16.5. The minimum atomic E-state index is -0.0760. The van der Waals surface area contributed by atoms with Crippen molar-refractivity contribution in [2.24, 2.45) is 23.6 Å². The van der Waals surface area contributed by atoms with Crippen LogP contribution in [0.3, 0.4) is 0 Å². The Kier molecular flexibility index (Phi) is 6.02. The number of anilines is 1.